The topological polar surface area (TPSA) is 26.0 Å². The van der Waals surface area contributed by atoms with Crippen LogP contribution in [0.25, 0.3) is 0 Å². The summed E-state index contributed by atoms with van der Waals surface area (Å²) < 4.78 is 0. The van der Waals surface area contributed by atoms with Crippen LogP contribution in [-0.4, -0.2) is 6.04 Å². The van der Waals surface area contributed by atoms with Gasteiger partial charge in [-0.25, -0.2) is 0 Å². The molecule has 0 amide bonds. The van der Waals surface area contributed by atoms with Gasteiger partial charge in [-0.2, -0.15) is 0 Å². The van der Waals surface area contributed by atoms with Gasteiger partial charge in [0.1, 0.15) is 0 Å². The second kappa shape index (κ2) is 11.8. The number of unbranched alkanes of at least 4 members (excludes halogenated alkanes) is 8. The lowest BCUT2D eigenvalue weighted by molar-refractivity contribution is 0.244. The summed E-state index contributed by atoms with van der Waals surface area (Å²) in [5, 5.41) is 0. The van der Waals surface area contributed by atoms with Crippen molar-refractivity contribution in [1.29, 1.82) is 0 Å². The van der Waals surface area contributed by atoms with E-state index in [1.807, 2.05) is 0 Å². The molecule has 0 saturated carbocycles. The van der Waals surface area contributed by atoms with Crippen molar-refractivity contribution in [1.82, 2.24) is 0 Å². The van der Waals surface area contributed by atoms with Gasteiger partial charge >= 0.3 is 0 Å². The van der Waals surface area contributed by atoms with Crippen molar-refractivity contribution in [3.63, 3.8) is 0 Å². The molecule has 0 aliphatic rings. The third kappa shape index (κ3) is 10.4. The Kier molecular flexibility index (Phi) is 11.7. The first kappa shape index (κ1) is 19.0. The third-order valence-corrected chi connectivity index (χ3v) is 4.52. The zero-order valence-electron chi connectivity index (χ0n) is 14.1. The van der Waals surface area contributed by atoms with Crippen LogP contribution in [-0.2, 0) is 0 Å². The molecular formula is C18H39N. The Hall–Kier alpha value is -0.0400. The van der Waals surface area contributed by atoms with Gasteiger partial charge in [0.05, 0.1) is 0 Å². The lowest BCUT2D eigenvalue weighted by Crippen LogP contribution is -2.37. The summed E-state index contributed by atoms with van der Waals surface area (Å²) >= 11 is 0. The van der Waals surface area contributed by atoms with E-state index in [4.69, 9.17) is 5.73 Å². The van der Waals surface area contributed by atoms with Gasteiger partial charge in [0, 0.05) is 6.04 Å². The minimum atomic E-state index is 0.328. The van der Waals surface area contributed by atoms with E-state index in [0.29, 0.717) is 11.5 Å². The Morgan fingerprint density at radius 3 is 1.68 bits per heavy atom. The molecule has 0 saturated heterocycles. The lowest BCUT2D eigenvalue weighted by Gasteiger charge is -2.31. The van der Waals surface area contributed by atoms with Crippen LogP contribution in [0.4, 0.5) is 0 Å². The number of nitrogens with two attached hydrogens (primary N) is 1. The smallest absolute Gasteiger partial charge is 0.00902 e. The average Bonchev–Trinajstić information content (AvgIpc) is 2.36. The van der Waals surface area contributed by atoms with Gasteiger partial charge < -0.3 is 5.73 Å². The molecule has 19 heavy (non-hydrogen) atoms. The first-order chi connectivity index (χ1) is 9.04. The van der Waals surface area contributed by atoms with Crippen molar-refractivity contribution >= 4 is 0 Å². The molecule has 1 atom stereocenters. The fourth-order valence-corrected chi connectivity index (χ4v) is 2.90. The number of hydrogen-bond acceptors (Lipinski definition) is 1. The average molecular weight is 270 g/mol. The second-order valence-electron chi connectivity index (χ2n) is 6.96. The van der Waals surface area contributed by atoms with Crippen LogP contribution < -0.4 is 5.73 Å². The summed E-state index contributed by atoms with van der Waals surface area (Å²) in [5.74, 6) is 0. The highest BCUT2D eigenvalue weighted by molar-refractivity contribution is 4.80. The summed E-state index contributed by atoms with van der Waals surface area (Å²) in [7, 11) is 0. The zero-order chi connectivity index (χ0) is 14.6. The maximum Gasteiger partial charge on any atom is 0.00902 e. The molecular weight excluding hydrogens is 230 g/mol. The fourth-order valence-electron chi connectivity index (χ4n) is 2.90. The van der Waals surface area contributed by atoms with Crippen LogP contribution in [0.15, 0.2) is 0 Å². The van der Waals surface area contributed by atoms with E-state index in [-0.39, 0.29) is 0 Å². The Morgan fingerprint density at radius 2 is 1.21 bits per heavy atom. The lowest BCUT2D eigenvalue weighted by atomic mass is 9.78. The molecule has 116 valence electrons. The number of hydrogen-bond donors (Lipinski definition) is 1. The van der Waals surface area contributed by atoms with Crippen molar-refractivity contribution in [3.8, 4) is 0 Å². The first-order valence-corrected chi connectivity index (χ1v) is 8.80. The molecule has 2 N–H and O–H groups in total. The van der Waals surface area contributed by atoms with Gasteiger partial charge in [-0.3, -0.25) is 0 Å². The molecule has 0 bridgehead atoms. The van der Waals surface area contributed by atoms with Crippen LogP contribution in [0.1, 0.15) is 105 Å². The van der Waals surface area contributed by atoms with Crippen LogP contribution >= 0.6 is 0 Å². The van der Waals surface area contributed by atoms with Crippen LogP contribution in [0.3, 0.4) is 0 Å². The van der Waals surface area contributed by atoms with E-state index < -0.39 is 0 Å². The summed E-state index contributed by atoms with van der Waals surface area (Å²) in [6.07, 6.45) is 16.3. The molecule has 0 aromatic rings. The largest absolute Gasteiger partial charge is 0.327 e. The minimum absolute atomic E-state index is 0.328. The Labute approximate surface area is 122 Å². The highest BCUT2D eigenvalue weighted by Gasteiger charge is 2.24. The monoisotopic (exact) mass is 269 g/mol. The molecule has 0 aromatic heterocycles. The quantitative estimate of drug-likeness (QED) is 0.404. The Morgan fingerprint density at radius 1 is 0.737 bits per heavy atom. The van der Waals surface area contributed by atoms with E-state index in [0.717, 1.165) is 0 Å². The van der Waals surface area contributed by atoms with Gasteiger partial charge in [0.2, 0.25) is 0 Å². The highest BCUT2D eigenvalue weighted by atomic mass is 14.7. The van der Waals surface area contributed by atoms with Crippen molar-refractivity contribution in [2.75, 3.05) is 0 Å². The molecule has 0 aromatic carbocycles. The maximum absolute atomic E-state index is 6.33. The predicted molar refractivity (Wildman–Crippen MR) is 88.5 cm³/mol. The number of rotatable bonds is 13. The molecule has 0 fully saturated rings. The highest BCUT2D eigenvalue weighted by Crippen LogP contribution is 2.28. The molecule has 0 heterocycles. The minimum Gasteiger partial charge on any atom is -0.327 e. The maximum atomic E-state index is 6.33. The Balaban J connectivity index is 3.39. The van der Waals surface area contributed by atoms with Crippen molar-refractivity contribution in [2.45, 2.75) is 111 Å². The predicted octanol–water partition coefficient (Wildman–Crippen LogP) is 6.06. The standard InChI is InChI=1S/C18H39N/c1-5-7-8-9-10-11-12-13-14-15-17(19)18(3,4)16-6-2/h17H,5-16,19H2,1-4H3. The molecule has 1 nitrogen and oxygen atoms in total. The molecule has 1 heteroatoms. The molecule has 0 radical (unpaired) electrons. The summed E-state index contributed by atoms with van der Waals surface area (Å²) in [5.41, 5.74) is 6.66. The van der Waals surface area contributed by atoms with E-state index in [1.165, 1.54) is 77.0 Å². The second-order valence-corrected chi connectivity index (χ2v) is 6.96. The van der Waals surface area contributed by atoms with Crippen molar-refractivity contribution < 1.29 is 0 Å². The third-order valence-electron chi connectivity index (χ3n) is 4.52. The van der Waals surface area contributed by atoms with Crippen LogP contribution in [0.5, 0.6) is 0 Å². The van der Waals surface area contributed by atoms with E-state index in [2.05, 4.69) is 27.7 Å². The Bertz CT molecular complexity index is 186. The molecule has 0 spiro atoms. The van der Waals surface area contributed by atoms with Crippen LogP contribution in [0.2, 0.25) is 0 Å². The van der Waals surface area contributed by atoms with Gasteiger partial charge in [0.15, 0.2) is 0 Å². The SMILES string of the molecule is CCCCCCCCCCCC(N)C(C)(C)CCC. The molecule has 1 unspecified atom stereocenters. The van der Waals surface area contributed by atoms with Gasteiger partial charge in [-0.15, -0.1) is 0 Å². The first-order valence-electron chi connectivity index (χ1n) is 8.80. The fraction of sp³-hybridized carbons (Fsp3) is 1.00. The van der Waals surface area contributed by atoms with E-state index in [9.17, 15) is 0 Å². The van der Waals surface area contributed by atoms with Crippen LogP contribution in [0, 0.1) is 5.41 Å². The summed E-state index contributed by atoms with van der Waals surface area (Å²) in [6, 6.07) is 0.386. The van der Waals surface area contributed by atoms with Gasteiger partial charge in [0.25, 0.3) is 0 Å². The molecule has 0 aliphatic carbocycles. The van der Waals surface area contributed by atoms with Crippen molar-refractivity contribution in [3.05, 3.63) is 0 Å². The normalized spacial score (nSPS) is 13.7. The van der Waals surface area contributed by atoms with Gasteiger partial charge in [-0.05, 0) is 18.3 Å². The summed E-state index contributed by atoms with van der Waals surface area (Å²) in [4.78, 5) is 0. The molecule has 0 aliphatic heterocycles. The summed E-state index contributed by atoms with van der Waals surface area (Å²) in [6.45, 7) is 9.19. The van der Waals surface area contributed by atoms with Gasteiger partial charge in [-0.1, -0.05) is 91.9 Å². The zero-order valence-corrected chi connectivity index (χ0v) is 14.1. The van der Waals surface area contributed by atoms with E-state index >= 15 is 0 Å². The van der Waals surface area contributed by atoms with Crippen molar-refractivity contribution in [2.24, 2.45) is 11.1 Å². The van der Waals surface area contributed by atoms with E-state index in [1.54, 1.807) is 0 Å². The molecule has 0 rings (SSSR count).